The highest BCUT2D eigenvalue weighted by atomic mass is 16.5. The molecule has 0 radical (unpaired) electrons. The first-order valence-electron chi connectivity index (χ1n) is 4.76. The fraction of sp³-hybridized carbons (Fsp3) is 0.778. The summed E-state index contributed by atoms with van der Waals surface area (Å²) in [6.45, 7) is 2.60. The van der Waals surface area contributed by atoms with Crippen LogP contribution in [0.2, 0.25) is 0 Å². The maximum atomic E-state index is 11.1. The number of hydrogen-bond donors (Lipinski definition) is 2. The smallest absolute Gasteiger partial charge is 0.315 e. The van der Waals surface area contributed by atoms with Gasteiger partial charge in [0.2, 0.25) is 5.91 Å². The number of hydrogen-bond acceptors (Lipinski definition) is 4. The Morgan fingerprint density at radius 2 is 2.36 bits per heavy atom. The van der Waals surface area contributed by atoms with Crippen LogP contribution in [0.5, 0.6) is 0 Å². The third kappa shape index (κ3) is 3.74. The molecular weight excluding hydrogens is 184 g/mol. The fourth-order valence-electron chi connectivity index (χ4n) is 1.41. The second kappa shape index (κ2) is 5.59. The van der Waals surface area contributed by atoms with Crippen LogP contribution in [0.3, 0.4) is 0 Å². The van der Waals surface area contributed by atoms with Crippen molar-refractivity contribution in [2.24, 2.45) is 5.92 Å². The first-order chi connectivity index (χ1) is 6.72. The van der Waals surface area contributed by atoms with Crippen molar-refractivity contribution in [3.05, 3.63) is 0 Å². The lowest BCUT2D eigenvalue weighted by Crippen LogP contribution is -2.31. The predicted octanol–water partition coefficient (Wildman–Crippen LogP) is -0.725. The number of carbonyl (C=O) groups is 2. The molecule has 0 aromatic heterocycles. The van der Waals surface area contributed by atoms with Gasteiger partial charge in [0.15, 0.2) is 0 Å². The van der Waals surface area contributed by atoms with Crippen molar-refractivity contribution in [2.75, 3.05) is 26.7 Å². The largest absolute Gasteiger partial charge is 0.469 e. The molecular formula is C9H16N2O3. The second-order valence-electron chi connectivity index (χ2n) is 3.42. The lowest BCUT2D eigenvalue weighted by Gasteiger charge is -2.09. The van der Waals surface area contributed by atoms with Crippen LogP contribution >= 0.6 is 0 Å². The quantitative estimate of drug-likeness (QED) is 0.464. The van der Waals surface area contributed by atoms with E-state index in [1.54, 1.807) is 0 Å². The highest BCUT2D eigenvalue weighted by Gasteiger charge is 2.16. The molecule has 0 saturated carbocycles. The molecule has 0 aromatic rings. The van der Waals surface area contributed by atoms with Gasteiger partial charge in [-0.2, -0.15) is 0 Å². The summed E-state index contributed by atoms with van der Waals surface area (Å²) in [7, 11) is 1.27. The summed E-state index contributed by atoms with van der Waals surface area (Å²) in [6, 6.07) is 0. The summed E-state index contributed by atoms with van der Waals surface area (Å²) in [4.78, 5) is 21.9. The van der Waals surface area contributed by atoms with E-state index in [-0.39, 0.29) is 12.3 Å². The second-order valence-corrected chi connectivity index (χ2v) is 3.42. The van der Waals surface area contributed by atoms with Crippen LogP contribution < -0.4 is 10.6 Å². The lowest BCUT2D eigenvalue weighted by molar-refractivity contribution is -0.143. The van der Waals surface area contributed by atoms with Crippen LogP contribution in [0.25, 0.3) is 0 Å². The molecule has 0 aliphatic carbocycles. The molecule has 80 valence electrons. The van der Waals surface area contributed by atoms with Crippen molar-refractivity contribution in [1.82, 2.24) is 10.6 Å². The van der Waals surface area contributed by atoms with Crippen molar-refractivity contribution < 1.29 is 14.3 Å². The van der Waals surface area contributed by atoms with E-state index in [0.717, 1.165) is 19.5 Å². The van der Waals surface area contributed by atoms with Gasteiger partial charge in [0.1, 0.15) is 6.42 Å². The Labute approximate surface area is 83.2 Å². The molecule has 1 rings (SSSR count). The molecule has 1 aliphatic rings. The summed E-state index contributed by atoms with van der Waals surface area (Å²) in [5, 5.41) is 5.92. The molecule has 14 heavy (non-hydrogen) atoms. The van der Waals surface area contributed by atoms with E-state index in [2.05, 4.69) is 15.4 Å². The Bertz CT molecular complexity index is 212. The molecule has 1 heterocycles. The third-order valence-corrected chi connectivity index (χ3v) is 2.28. The molecule has 2 N–H and O–H groups in total. The monoisotopic (exact) mass is 200 g/mol. The summed E-state index contributed by atoms with van der Waals surface area (Å²) in [5.74, 6) is -0.257. The van der Waals surface area contributed by atoms with Gasteiger partial charge in [0.05, 0.1) is 7.11 Å². The van der Waals surface area contributed by atoms with Crippen LogP contribution in [0.1, 0.15) is 12.8 Å². The molecule has 1 amide bonds. The van der Waals surface area contributed by atoms with Gasteiger partial charge in [-0.25, -0.2) is 0 Å². The van der Waals surface area contributed by atoms with Gasteiger partial charge in [-0.05, 0) is 25.4 Å². The Morgan fingerprint density at radius 3 is 2.93 bits per heavy atom. The maximum Gasteiger partial charge on any atom is 0.315 e. The SMILES string of the molecule is COC(=O)CC(=O)NCC1CCNC1. The molecule has 0 aromatic carbocycles. The number of rotatable bonds is 4. The molecule has 1 aliphatic heterocycles. The molecule has 1 fully saturated rings. The number of esters is 1. The Hall–Kier alpha value is -1.10. The molecule has 5 nitrogen and oxygen atoms in total. The first kappa shape index (κ1) is 11.0. The minimum absolute atomic E-state index is 0.184. The van der Waals surface area contributed by atoms with E-state index < -0.39 is 5.97 Å². The van der Waals surface area contributed by atoms with E-state index in [1.165, 1.54) is 7.11 Å². The van der Waals surface area contributed by atoms with Crippen LogP contribution in [-0.4, -0.2) is 38.6 Å². The third-order valence-electron chi connectivity index (χ3n) is 2.28. The molecule has 5 heteroatoms. The highest BCUT2D eigenvalue weighted by Crippen LogP contribution is 2.05. The Kier molecular flexibility index (Phi) is 4.39. The van der Waals surface area contributed by atoms with Crippen LogP contribution in [-0.2, 0) is 14.3 Å². The summed E-state index contributed by atoms with van der Waals surface area (Å²) in [5.41, 5.74) is 0. The van der Waals surface area contributed by atoms with Gasteiger partial charge in [0.25, 0.3) is 0 Å². The van der Waals surface area contributed by atoms with Gasteiger partial charge in [-0.15, -0.1) is 0 Å². The summed E-state index contributed by atoms with van der Waals surface area (Å²) in [6.07, 6.45) is 0.898. The van der Waals surface area contributed by atoms with E-state index in [4.69, 9.17) is 0 Å². The van der Waals surface area contributed by atoms with Crippen LogP contribution in [0.15, 0.2) is 0 Å². The van der Waals surface area contributed by atoms with E-state index in [1.807, 2.05) is 0 Å². The molecule has 0 spiro atoms. The van der Waals surface area contributed by atoms with E-state index >= 15 is 0 Å². The maximum absolute atomic E-state index is 11.1. The van der Waals surface area contributed by atoms with Crippen molar-refractivity contribution in [1.29, 1.82) is 0 Å². The number of methoxy groups -OCH3 is 1. The summed E-state index contributed by atoms with van der Waals surface area (Å²) < 4.78 is 4.38. The van der Waals surface area contributed by atoms with Crippen molar-refractivity contribution in [3.8, 4) is 0 Å². The van der Waals surface area contributed by atoms with E-state index in [0.29, 0.717) is 12.5 Å². The van der Waals surface area contributed by atoms with Gasteiger partial charge < -0.3 is 15.4 Å². The molecule has 1 unspecified atom stereocenters. The van der Waals surface area contributed by atoms with Crippen molar-refractivity contribution in [2.45, 2.75) is 12.8 Å². The van der Waals surface area contributed by atoms with Gasteiger partial charge >= 0.3 is 5.97 Å². The minimum Gasteiger partial charge on any atom is -0.469 e. The fourth-order valence-corrected chi connectivity index (χ4v) is 1.41. The molecule has 1 atom stereocenters. The zero-order valence-electron chi connectivity index (χ0n) is 8.34. The van der Waals surface area contributed by atoms with Crippen LogP contribution in [0.4, 0.5) is 0 Å². The molecule has 1 saturated heterocycles. The number of nitrogens with one attached hydrogen (secondary N) is 2. The van der Waals surface area contributed by atoms with Crippen molar-refractivity contribution in [3.63, 3.8) is 0 Å². The van der Waals surface area contributed by atoms with Crippen molar-refractivity contribution >= 4 is 11.9 Å². The average molecular weight is 200 g/mol. The van der Waals surface area contributed by atoms with Crippen LogP contribution in [0, 0.1) is 5.92 Å². The molecule has 0 bridgehead atoms. The Balaban J connectivity index is 2.11. The predicted molar refractivity (Wildman–Crippen MR) is 50.6 cm³/mol. The standard InChI is InChI=1S/C9H16N2O3/c1-14-9(13)4-8(12)11-6-7-2-3-10-5-7/h7,10H,2-6H2,1H3,(H,11,12). The lowest BCUT2D eigenvalue weighted by atomic mass is 10.1. The zero-order valence-corrected chi connectivity index (χ0v) is 8.34. The normalized spacial score (nSPS) is 20.5. The summed E-state index contributed by atoms with van der Waals surface area (Å²) >= 11 is 0. The number of ether oxygens (including phenoxy) is 1. The topological polar surface area (TPSA) is 67.4 Å². The minimum atomic E-state index is -0.493. The van der Waals surface area contributed by atoms with Gasteiger partial charge in [0, 0.05) is 6.54 Å². The van der Waals surface area contributed by atoms with Gasteiger partial charge in [-0.1, -0.05) is 0 Å². The number of carbonyl (C=O) groups excluding carboxylic acids is 2. The average Bonchev–Trinajstić information content (AvgIpc) is 2.67. The van der Waals surface area contributed by atoms with Gasteiger partial charge in [-0.3, -0.25) is 9.59 Å². The van der Waals surface area contributed by atoms with E-state index in [9.17, 15) is 9.59 Å². The Morgan fingerprint density at radius 1 is 1.57 bits per heavy atom. The highest BCUT2D eigenvalue weighted by molar-refractivity contribution is 5.94. The zero-order chi connectivity index (χ0) is 10.4. The first-order valence-corrected chi connectivity index (χ1v) is 4.76. The number of amides is 1.